The van der Waals surface area contributed by atoms with E-state index < -0.39 is 54.9 Å². The lowest BCUT2D eigenvalue weighted by molar-refractivity contribution is -0.387. The number of carbonyl (C=O) groups excluding carboxylic acids is 1. The smallest absolute Gasteiger partial charge is 0.434 e. The molecular formula is C34H36F3N7O7S. The summed E-state index contributed by atoms with van der Waals surface area (Å²) in [6.07, 6.45) is -2.90. The number of carbonyl (C=O) groups is 1. The quantitative estimate of drug-likeness (QED) is 0.136. The van der Waals surface area contributed by atoms with Crippen LogP contribution in [0.3, 0.4) is 0 Å². The van der Waals surface area contributed by atoms with Crippen molar-refractivity contribution in [3.63, 3.8) is 0 Å². The van der Waals surface area contributed by atoms with Gasteiger partial charge in [0.05, 0.1) is 52.9 Å². The van der Waals surface area contributed by atoms with E-state index >= 15 is 0 Å². The maximum atomic E-state index is 14.0. The molecular weight excluding hydrogens is 707 g/mol. The summed E-state index contributed by atoms with van der Waals surface area (Å²) in [4.78, 5) is 39.8. The molecule has 1 saturated heterocycles. The van der Waals surface area contributed by atoms with Gasteiger partial charge in [-0.3, -0.25) is 14.9 Å². The Bertz CT molecular complexity index is 2050. The average molecular weight is 744 g/mol. The van der Waals surface area contributed by atoms with Gasteiger partial charge in [-0.25, -0.2) is 28.1 Å². The number of nitrogens with zero attached hydrogens (tertiary/aromatic N) is 6. The molecule has 4 heterocycles. The van der Waals surface area contributed by atoms with Gasteiger partial charge in [-0.2, -0.15) is 13.2 Å². The number of rotatable bonds is 13. The predicted octanol–water partition coefficient (Wildman–Crippen LogP) is 5.48. The van der Waals surface area contributed by atoms with E-state index in [0.717, 1.165) is 18.2 Å². The number of alkyl halides is 3. The van der Waals surface area contributed by atoms with Crippen LogP contribution in [0.15, 0.2) is 71.8 Å². The highest BCUT2D eigenvalue weighted by Gasteiger charge is 2.40. The molecule has 52 heavy (non-hydrogen) atoms. The highest BCUT2D eigenvalue weighted by molar-refractivity contribution is 7.89. The van der Waals surface area contributed by atoms with Gasteiger partial charge in [-0.1, -0.05) is 19.1 Å². The number of sulfonamides is 1. The summed E-state index contributed by atoms with van der Waals surface area (Å²) in [5.41, 5.74) is -0.856. The van der Waals surface area contributed by atoms with Crippen molar-refractivity contribution in [2.45, 2.75) is 50.9 Å². The number of benzene rings is 1. The van der Waals surface area contributed by atoms with Crippen LogP contribution < -0.4 is 19.1 Å². The van der Waals surface area contributed by atoms with Gasteiger partial charge in [0.2, 0.25) is 21.8 Å². The second kappa shape index (κ2) is 15.9. The molecule has 1 N–H and O–H groups in total. The van der Waals surface area contributed by atoms with E-state index in [2.05, 4.69) is 14.7 Å². The Morgan fingerprint density at radius 2 is 1.75 bits per heavy atom. The fourth-order valence-electron chi connectivity index (χ4n) is 5.88. The monoisotopic (exact) mass is 743 g/mol. The van der Waals surface area contributed by atoms with Gasteiger partial charge in [0.15, 0.2) is 10.6 Å². The van der Waals surface area contributed by atoms with E-state index in [0.29, 0.717) is 35.9 Å². The van der Waals surface area contributed by atoms with E-state index in [4.69, 9.17) is 14.5 Å². The topological polar surface area (TPSA) is 170 Å². The molecule has 1 aliphatic rings. The molecule has 5 rings (SSSR count). The maximum absolute atomic E-state index is 14.0. The van der Waals surface area contributed by atoms with Gasteiger partial charge in [-0.15, -0.1) is 0 Å². The van der Waals surface area contributed by atoms with Crippen molar-refractivity contribution in [2.75, 3.05) is 37.7 Å². The maximum Gasteiger partial charge on any atom is 0.434 e. The van der Waals surface area contributed by atoms with Crippen LogP contribution in [0, 0.1) is 10.1 Å². The summed E-state index contributed by atoms with van der Waals surface area (Å²) in [7, 11) is -4.42. The number of nitrogens with one attached hydrogen (secondary N) is 1. The minimum atomic E-state index is -4.91. The highest BCUT2D eigenvalue weighted by Crippen LogP contribution is 2.35. The predicted molar refractivity (Wildman–Crippen MR) is 183 cm³/mol. The third-order valence-electron chi connectivity index (χ3n) is 8.27. The number of hydrogen-bond donors (Lipinski definition) is 1. The van der Waals surface area contributed by atoms with E-state index in [1.807, 2.05) is 11.8 Å². The van der Waals surface area contributed by atoms with E-state index in [1.54, 1.807) is 44.3 Å². The van der Waals surface area contributed by atoms with Gasteiger partial charge in [0, 0.05) is 44.0 Å². The number of amides is 1. The average Bonchev–Trinajstić information content (AvgIpc) is 3.13. The number of anilines is 1. The Morgan fingerprint density at radius 3 is 2.44 bits per heavy atom. The molecule has 1 atom stereocenters. The zero-order valence-corrected chi connectivity index (χ0v) is 29.3. The zero-order chi connectivity index (χ0) is 37.6. The molecule has 1 amide bonds. The molecule has 0 unspecified atom stereocenters. The fraction of sp³-hybridized carbons (Fsp3) is 0.353. The van der Waals surface area contributed by atoms with Gasteiger partial charge in [-0.05, 0) is 56.7 Å². The SMILES string of the molecule is CCOc1ccc(C(=O)N2CCN(c3ccc(-c4cccnc4OCC)nc3CNS(=O)(=O)c3ccccc3[N+](=O)[O-])[C@H](CC)C2)c(C(F)(F)F)n1. The number of hydrogen-bond acceptors (Lipinski definition) is 11. The van der Waals surface area contributed by atoms with Crippen LogP contribution in [0.4, 0.5) is 24.5 Å². The van der Waals surface area contributed by atoms with Crippen LogP contribution in [0.2, 0.25) is 0 Å². The largest absolute Gasteiger partial charge is 0.478 e. The first-order chi connectivity index (χ1) is 24.8. The molecule has 1 fully saturated rings. The van der Waals surface area contributed by atoms with E-state index in [9.17, 15) is 36.5 Å². The lowest BCUT2D eigenvalue weighted by Gasteiger charge is -2.43. The minimum Gasteiger partial charge on any atom is -0.478 e. The summed E-state index contributed by atoms with van der Waals surface area (Å²) in [6.45, 7) is 5.52. The molecule has 0 aliphatic carbocycles. The molecule has 18 heteroatoms. The summed E-state index contributed by atoms with van der Waals surface area (Å²) in [6, 6.07) is 13.7. The summed E-state index contributed by atoms with van der Waals surface area (Å²) in [5, 5.41) is 11.6. The number of nitro benzene ring substituents is 1. The van der Waals surface area contributed by atoms with Crippen molar-refractivity contribution < 1.29 is 40.8 Å². The molecule has 0 bridgehead atoms. The van der Waals surface area contributed by atoms with E-state index in [1.165, 1.54) is 23.1 Å². The first-order valence-corrected chi connectivity index (χ1v) is 17.8. The first kappa shape index (κ1) is 37.9. The van der Waals surface area contributed by atoms with Gasteiger partial charge >= 0.3 is 6.18 Å². The summed E-state index contributed by atoms with van der Waals surface area (Å²) < 4.78 is 82.2. The third kappa shape index (κ3) is 8.23. The number of ether oxygens (including phenoxy) is 2. The van der Waals surface area contributed by atoms with Crippen LogP contribution in [-0.2, 0) is 22.7 Å². The van der Waals surface area contributed by atoms with Crippen molar-refractivity contribution >= 4 is 27.3 Å². The van der Waals surface area contributed by atoms with Gasteiger partial charge in [0.1, 0.15) is 0 Å². The number of para-hydroxylation sites is 1. The summed E-state index contributed by atoms with van der Waals surface area (Å²) in [5.74, 6) is -0.785. The molecule has 0 saturated carbocycles. The molecule has 1 aromatic carbocycles. The number of aromatic nitrogens is 3. The van der Waals surface area contributed by atoms with Crippen molar-refractivity contribution in [3.8, 4) is 23.0 Å². The molecule has 0 radical (unpaired) electrons. The summed E-state index contributed by atoms with van der Waals surface area (Å²) >= 11 is 0. The van der Waals surface area contributed by atoms with Crippen LogP contribution in [-0.4, -0.2) is 78.0 Å². The Balaban J connectivity index is 1.49. The molecule has 14 nitrogen and oxygen atoms in total. The Morgan fingerprint density at radius 1 is 1.00 bits per heavy atom. The minimum absolute atomic E-state index is 0.0278. The van der Waals surface area contributed by atoms with Crippen LogP contribution in [0.25, 0.3) is 11.3 Å². The first-order valence-electron chi connectivity index (χ1n) is 16.4. The highest BCUT2D eigenvalue weighted by atomic mass is 32.2. The Kier molecular flexibility index (Phi) is 11.6. The van der Waals surface area contributed by atoms with Crippen molar-refractivity contribution in [1.29, 1.82) is 0 Å². The Hall–Kier alpha value is -5.36. The molecule has 3 aromatic heterocycles. The van der Waals surface area contributed by atoms with Crippen molar-refractivity contribution in [3.05, 3.63) is 93.9 Å². The Labute approximate surface area is 297 Å². The molecule has 276 valence electrons. The van der Waals surface area contributed by atoms with Crippen LogP contribution in [0.5, 0.6) is 11.8 Å². The second-order valence-electron chi connectivity index (χ2n) is 11.5. The van der Waals surface area contributed by atoms with Crippen molar-refractivity contribution in [1.82, 2.24) is 24.6 Å². The third-order valence-corrected chi connectivity index (χ3v) is 9.72. The standard InChI is InChI=1S/C34H36F3N7O7S/c1-4-22-21-42(33(45)24-13-16-30(50-5-2)41-31(24)34(35,36)37)18-19-43(22)27-15-14-25(23-10-9-17-38-32(23)51-6-3)40-26(27)20-39-52(48,49)29-12-8-7-11-28(29)44(46)47/h7-17,22,39H,4-6,18-21H2,1-3H3/t22-/m1/s1. The van der Waals surface area contributed by atoms with Gasteiger partial charge < -0.3 is 19.3 Å². The van der Waals surface area contributed by atoms with E-state index in [-0.39, 0.29) is 44.4 Å². The number of nitro groups is 1. The van der Waals surface area contributed by atoms with Gasteiger partial charge in [0.25, 0.3) is 11.6 Å². The normalized spacial score (nSPS) is 15.0. The van der Waals surface area contributed by atoms with Crippen LogP contribution >= 0.6 is 0 Å². The second-order valence-corrected chi connectivity index (χ2v) is 13.2. The molecule has 1 aliphatic heterocycles. The molecule has 4 aromatic rings. The lowest BCUT2D eigenvalue weighted by Crippen LogP contribution is -2.55. The van der Waals surface area contributed by atoms with Crippen LogP contribution in [0.1, 0.15) is 48.9 Å². The van der Waals surface area contributed by atoms with Crippen molar-refractivity contribution in [2.24, 2.45) is 0 Å². The zero-order valence-electron chi connectivity index (χ0n) is 28.5. The number of halogens is 3. The molecule has 0 spiro atoms. The number of piperazine rings is 1. The number of pyridine rings is 3. The lowest BCUT2D eigenvalue weighted by atomic mass is 10.0. The fourth-order valence-corrected chi connectivity index (χ4v) is 7.04.